The summed E-state index contributed by atoms with van der Waals surface area (Å²) in [4.78, 5) is 4.27. The number of rotatable bonds is 5. The van der Waals surface area contributed by atoms with E-state index in [0.29, 0.717) is 10.9 Å². The lowest BCUT2D eigenvalue weighted by molar-refractivity contribution is 0.276. The lowest BCUT2D eigenvalue weighted by Crippen LogP contribution is -2.14. The van der Waals surface area contributed by atoms with Gasteiger partial charge in [-0.25, -0.2) is 0 Å². The maximum atomic E-state index is 13.8. The predicted octanol–water partition coefficient (Wildman–Crippen LogP) is 3.91. The lowest BCUT2D eigenvalue weighted by Gasteiger charge is -2.18. The van der Waals surface area contributed by atoms with E-state index in [4.69, 9.17) is 0 Å². The predicted molar refractivity (Wildman–Crippen MR) is 99.2 cm³/mol. The fourth-order valence-corrected chi connectivity index (χ4v) is 2.96. The molecule has 1 atom stereocenters. The van der Waals surface area contributed by atoms with Gasteiger partial charge in [0.25, 0.3) is 0 Å². The Morgan fingerprint density at radius 3 is 2.69 bits per heavy atom. The number of aromatic nitrogens is 3. The average Bonchev–Trinajstić information content (AvgIpc) is 3.07. The Hall–Kier alpha value is -3.25. The monoisotopic (exact) mass is 348 g/mol. The van der Waals surface area contributed by atoms with E-state index in [9.17, 15) is 9.50 Å². The number of benzene rings is 2. The van der Waals surface area contributed by atoms with Crippen LogP contribution in [0.25, 0.3) is 22.0 Å². The summed E-state index contributed by atoms with van der Waals surface area (Å²) in [5.74, 6) is -0.450. The van der Waals surface area contributed by atoms with Crippen LogP contribution in [0.1, 0.15) is 11.6 Å². The summed E-state index contributed by atoms with van der Waals surface area (Å²) in [6, 6.07) is 16.8. The lowest BCUT2D eigenvalue weighted by atomic mass is 10.0. The van der Waals surface area contributed by atoms with Crippen LogP contribution in [0, 0.1) is 5.95 Å². The topological polar surface area (TPSA) is 73.8 Å². The van der Waals surface area contributed by atoms with Crippen molar-refractivity contribution >= 4 is 16.6 Å². The summed E-state index contributed by atoms with van der Waals surface area (Å²) >= 11 is 0. The SMILES string of the molecule is OC[C@H](Nc1cncc(-c2ccc3n[nH]c(F)c3c2)c1)c1ccccc1. The van der Waals surface area contributed by atoms with Gasteiger partial charge in [-0.1, -0.05) is 36.4 Å². The third kappa shape index (κ3) is 3.14. The van der Waals surface area contributed by atoms with E-state index in [0.717, 1.165) is 22.4 Å². The van der Waals surface area contributed by atoms with Gasteiger partial charge in [-0.3, -0.25) is 10.1 Å². The summed E-state index contributed by atoms with van der Waals surface area (Å²) in [6.45, 7) is -0.0412. The molecule has 2 aromatic carbocycles. The van der Waals surface area contributed by atoms with Crippen LogP contribution >= 0.6 is 0 Å². The Balaban J connectivity index is 1.64. The molecule has 0 unspecified atom stereocenters. The van der Waals surface area contributed by atoms with Crippen LogP contribution in [-0.2, 0) is 0 Å². The number of aromatic amines is 1. The van der Waals surface area contributed by atoms with Crippen LogP contribution in [0.2, 0.25) is 0 Å². The molecule has 0 saturated heterocycles. The van der Waals surface area contributed by atoms with E-state index in [1.54, 1.807) is 24.5 Å². The van der Waals surface area contributed by atoms with Crippen molar-refractivity contribution in [2.45, 2.75) is 6.04 Å². The van der Waals surface area contributed by atoms with Gasteiger partial charge in [0.05, 0.1) is 29.2 Å². The molecular weight excluding hydrogens is 331 g/mol. The summed E-state index contributed by atoms with van der Waals surface area (Å²) < 4.78 is 13.8. The highest BCUT2D eigenvalue weighted by Gasteiger charge is 2.11. The molecule has 0 bridgehead atoms. The number of halogens is 1. The molecule has 0 amide bonds. The van der Waals surface area contributed by atoms with Gasteiger partial charge in [0, 0.05) is 18.0 Å². The Labute approximate surface area is 149 Å². The molecule has 130 valence electrons. The Kier molecular flexibility index (Phi) is 4.33. The number of H-pyrrole nitrogens is 1. The molecule has 3 N–H and O–H groups in total. The van der Waals surface area contributed by atoms with E-state index >= 15 is 0 Å². The highest BCUT2D eigenvalue weighted by atomic mass is 19.1. The number of aliphatic hydroxyl groups is 1. The fourth-order valence-electron chi connectivity index (χ4n) is 2.96. The molecule has 0 aliphatic heterocycles. The van der Waals surface area contributed by atoms with Crippen LogP contribution in [0.5, 0.6) is 0 Å². The first-order valence-electron chi connectivity index (χ1n) is 8.26. The first kappa shape index (κ1) is 16.2. The normalized spacial score (nSPS) is 12.2. The van der Waals surface area contributed by atoms with E-state index in [-0.39, 0.29) is 12.6 Å². The molecule has 26 heavy (non-hydrogen) atoms. The average molecular weight is 348 g/mol. The van der Waals surface area contributed by atoms with Crippen LogP contribution in [0.3, 0.4) is 0 Å². The second-order valence-electron chi connectivity index (χ2n) is 6.02. The maximum Gasteiger partial charge on any atom is 0.216 e. The molecule has 5 nitrogen and oxygen atoms in total. The van der Waals surface area contributed by atoms with Crippen molar-refractivity contribution in [2.24, 2.45) is 0 Å². The van der Waals surface area contributed by atoms with Crippen molar-refractivity contribution < 1.29 is 9.50 Å². The van der Waals surface area contributed by atoms with E-state index in [1.807, 2.05) is 42.5 Å². The number of pyridine rings is 1. The zero-order valence-corrected chi connectivity index (χ0v) is 13.9. The molecule has 4 aromatic rings. The molecule has 0 aliphatic carbocycles. The number of nitrogens with zero attached hydrogens (tertiary/aromatic N) is 2. The largest absolute Gasteiger partial charge is 0.394 e. The number of anilines is 1. The minimum absolute atomic E-state index is 0.0412. The Morgan fingerprint density at radius 2 is 1.88 bits per heavy atom. The molecule has 0 radical (unpaired) electrons. The number of hydrogen-bond acceptors (Lipinski definition) is 4. The van der Waals surface area contributed by atoms with Crippen LogP contribution in [0.4, 0.5) is 10.1 Å². The quantitative estimate of drug-likeness (QED) is 0.511. The summed E-state index contributed by atoms with van der Waals surface area (Å²) in [6.07, 6.45) is 3.42. The minimum atomic E-state index is -0.450. The van der Waals surface area contributed by atoms with Gasteiger partial charge >= 0.3 is 0 Å². The molecular formula is C20H17FN4O. The molecule has 0 saturated carbocycles. The van der Waals surface area contributed by atoms with Gasteiger partial charge in [-0.2, -0.15) is 9.49 Å². The molecule has 0 aliphatic rings. The van der Waals surface area contributed by atoms with Gasteiger partial charge in [0.15, 0.2) is 0 Å². The first-order chi connectivity index (χ1) is 12.7. The van der Waals surface area contributed by atoms with Gasteiger partial charge in [-0.15, -0.1) is 0 Å². The zero-order chi connectivity index (χ0) is 17.9. The number of fused-ring (bicyclic) bond motifs is 1. The smallest absolute Gasteiger partial charge is 0.216 e. The van der Waals surface area contributed by atoms with Crippen molar-refractivity contribution in [2.75, 3.05) is 11.9 Å². The highest BCUT2D eigenvalue weighted by molar-refractivity contribution is 5.84. The maximum absolute atomic E-state index is 13.8. The van der Waals surface area contributed by atoms with Crippen LogP contribution in [-0.4, -0.2) is 26.9 Å². The van der Waals surface area contributed by atoms with Crippen molar-refractivity contribution in [3.8, 4) is 11.1 Å². The molecule has 0 fully saturated rings. The van der Waals surface area contributed by atoms with Crippen LogP contribution in [0.15, 0.2) is 67.0 Å². The Morgan fingerprint density at radius 1 is 1.04 bits per heavy atom. The zero-order valence-electron chi connectivity index (χ0n) is 13.9. The van der Waals surface area contributed by atoms with E-state index in [2.05, 4.69) is 20.5 Å². The molecule has 4 rings (SSSR count). The van der Waals surface area contributed by atoms with Crippen LogP contribution < -0.4 is 5.32 Å². The van der Waals surface area contributed by atoms with Gasteiger partial charge in [-0.05, 0) is 29.3 Å². The van der Waals surface area contributed by atoms with Gasteiger partial charge < -0.3 is 10.4 Å². The van der Waals surface area contributed by atoms with Crippen molar-refractivity contribution in [3.05, 3.63) is 78.5 Å². The summed E-state index contributed by atoms with van der Waals surface area (Å²) in [7, 11) is 0. The summed E-state index contributed by atoms with van der Waals surface area (Å²) in [5, 5.41) is 19.7. The van der Waals surface area contributed by atoms with Crippen molar-refractivity contribution in [1.29, 1.82) is 0 Å². The second-order valence-corrected chi connectivity index (χ2v) is 6.02. The third-order valence-corrected chi connectivity index (χ3v) is 4.30. The standard InChI is InChI=1S/C20H17FN4O/c21-20-17-9-14(6-7-18(17)24-25-20)15-8-16(11-22-10-15)23-19(12-26)13-4-2-1-3-5-13/h1-11,19,23,26H,12H2,(H,24,25)/t19-/m0/s1. The highest BCUT2D eigenvalue weighted by Crippen LogP contribution is 2.27. The molecule has 2 aromatic heterocycles. The molecule has 0 spiro atoms. The molecule has 6 heteroatoms. The number of nitrogens with one attached hydrogen (secondary N) is 2. The van der Waals surface area contributed by atoms with Gasteiger partial charge in [0.1, 0.15) is 0 Å². The minimum Gasteiger partial charge on any atom is -0.394 e. The van der Waals surface area contributed by atoms with Crippen molar-refractivity contribution in [3.63, 3.8) is 0 Å². The first-order valence-corrected chi connectivity index (χ1v) is 8.26. The fraction of sp³-hybridized carbons (Fsp3) is 0.100. The number of hydrogen-bond donors (Lipinski definition) is 3. The Bertz CT molecular complexity index is 1030. The third-order valence-electron chi connectivity index (χ3n) is 4.30. The molecule has 2 heterocycles. The van der Waals surface area contributed by atoms with E-state index in [1.165, 1.54) is 0 Å². The van der Waals surface area contributed by atoms with Crippen molar-refractivity contribution in [1.82, 2.24) is 15.2 Å². The second kappa shape index (κ2) is 6.93. The van der Waals surface area contributed by atoms with E-state index < -0.39 is 5.95 Å². The summed E-state index contributed by atoms with van der Waals surface area (Å²) in [5.41, 5.74) is 4.04. The van der Waals surface area contributed by atoms with Gasteiger partial charge in [0.2, 0.25) is 5.95 Å². The number of aliphatic hydroxyl groups excluding tert-OH is 1.